The minimum absolute atomic E-state index is 0.287. The molecule has 0 spiro atoms. The molecule has 36 heavy (non-hydrogen) atoms. The summed E-state index contributed by atoms with van der Waals surface area (Å²) in [6.45, 7) is 8.91. The number of carbonyl (C=O) groups excluding carboxylic acids is 1. The third-order valence-corrected chi connectivity index (χ3v) is 8.90. The Morgan fingerprint density at radius 2 is 1.69 bits per heavy atom. The van der Waals surface area contributed by atoms with Crippen molar-refractivity contribution in [3.05, 3.63) is 89.6 Å². The summed E-state index contributed by atoms with van der Waals surface area (Å²) < 4.78 is 6.54. The molecule has 3 aromatic rings. The summed E-state index contributed by atoms with van der Waals surface area (Å²) in [6.07, 6.45) is 12.3. The van der Waals surface area contributed by atoms with Gasteiger partial charge in [0, 0.05) is 18.3 Å². The van der Waals surface area contributed by atoms with Crippen LogP contribution in [0.1, 0.15) is 93.9 Å². The van der Waals surface area contributed by atoms with E-state index >= 15 is 0 Å². The van der Waals surface area contributed by atoms with Crippen LogP contribution >= 0.6 is 0 Å². The molecule has 0 radical (unpaired) electrons. The molecule has 1 saturated heterocycles. The maximum atomic E-state index is 8.00. The van der Waals surface area contributed by atoms with E-state index in [1.165, 1.54) is 69.0 Å². The monoisotopic (exact) mass is 487 g/mol. The first-order valence-corrected chi connectivity index (χ1v) is 13.9. The number of quaternary nitrogens is 1. The van der Waals surface area contributed by atoms with E-state index in [0.717, 1.165) is 18.2 Å². The summed E-state index contributed by atoms with van der Waals surface area (Å²) in [6, 6.07) is 22.7. The zero-order valence-corrected chi connectivity index (χ0v) is 22.1. The average Bonchev–Trinajstić information content (AvgIpc) is 3.41. The van der Waals surface area contributed by atoms with Gasteiger partial charge in [-0.3, -0.25) is 0 Å². The number of carbonyl (C=O) groups is 1. The van der Waals surface area contributed by atoms with Gasteiger partial charge in [0.1, 0.15) is 13.3 Å². The van der Waals surface area contributed by atoms with Crippen LogP contribution in [0.5, 0.6) is 0 Å². The molecule has 1 aromatic heterocycles. The highest BCUT2D eigenvalue weighted by Crippen LogP contribution is 2.40. The van der Waals surface area contributed by atoms with Gasteiger partial charge in [-0.2, -0.15) is 0 Å². The van der Waals surface area contributed by atoms with Crippen molar-refractivity contribution in [2.45, 2.75) is 89.1 Å². The number of oxazole rings is 1. The van der Waals surface area contributed by atoms with Gasteiger partial charge in [0.05, 0.1) is 24.7 Å². The van der Waals surface area contributed by atoms with Crippen LogP contribution in [0.3, 0.4) is 0 Å². The molecule has 1 saturated carbocycles. The number of likely N-dealkylation sites (tertiary alicyclic amines) is 1. The summed E-state index contributed by atoms with van der Waals surface area (Å²) in [5.74, 6) is 2.91. The van der Waals surface area contributed by atoms with Crippen LogP contribution < -0.4 is 4.90 Å². The first kappa shape index (κ1) is 26.3. The van der Waals surface area contributed by atoms with Crippen molar-refractivity contribution in [1.29, 1.82) is 0 Å². The number of aromatic nitrogens is 1. The second kappa shape index (κ2) is 12.5. The van der Waals surface area contributed by atoms with Crippen LogP contribution in [0.4, 0.5) is 0 Å². The van der Waals surface area contributed by atoms with Crippen molar-refractivity contribution in [3.63, 3.8) is 0 Å². The Morgan fingerprint density at radius 1 is 1.03 bits per heavy atom. The summed E-state index contributed by atoms with van der Waals surface area (Å²) in [5, 5.41) is 0. The minimum atomic E-state index is 0.287. The number of nitrogens with zero attached hydrogens (tertiary/aromatic N) is 1. The van der Waals surface area contributed by atoms with Crippen LogP contribution in [0.2, 0.25) is 0 Å². The first-order valence-electron chi connectivity index (χ1n) is 13.9. The van der Waals surface area contributed by atoms with E-state index in [1.807, 2.05) is 13.0 Å². The van der Waals surface area contributed by atoms with Crippen molar-refractivity contribution in [3.8, 4) is 0 Å². The summed E-state index contributed by atoms with van der Waals surface area (Å²) in [7, 11) is 0. The Kier molecular flexibility index (Phi) is 9.14. The molecule has 1 aliphatic carbocycles. The first-order chi connectivity index (χ1) is 17.7. The highest BCUT2D eigenvalue weighted by atomic mass is 16.4. The number of rotatable bonds is 7. The number of piperidine rings is 1. The molecule has 3 unspecified atom stereocenters. The zero-order valence-electron chi connectivity index (χ0n) is 22.1. The quantitative estimate of drug-likeness (QED) is 0.437. The molecular weight excluding hydrogens is 444 g/mol. The summed E-state index contributed by atoms with van der Waals surface area (Å²) >= 11 is 0. The maximum absolute atomic E-state index is 8.00. The van der Waals surface area contributed by atoms with Gasteiger partial charge in [0.25, 0.3) is 0 Å². The predicted molar refractivity (Wildman–Crippen MR) is 145 cm³/mol. The number of hydrogen-bond donors (Lipinski definition) is 1. The van der Waals surface area contributed by atoms with E-state index in [9.17, 15) is 0 Å². The van der Waals surface area contributed by atoms with E-state index < -0.39 is 0 Å². The molecule has 2 heterocycles. The SMILES string of the molecule is C=O.CCC1(c2ccccc2)CC[NH+](Cc2cnc(C(c3ccccc3)C3CCCCC3)o2)[C@H](C)C1. The van der Waals surface area contributed by atoms with Gasteiger partial charge in [-0.25, -0.2) is 4.98 Å². The van der Waals surface area contributed by atoms with E-state index in [4.69, 9.17) is 14.2 Å². The molecule has 2 fully saturated rings. The number of hydrogen-bond acceptors (Lipinski definition) is 3. The largest absolute Gasteiger partial charge is 0.439 e. The van der Waals surface area contributed by atoms with Crippen LogP contribution in [0, 0.1) is 5.92 Å². The number of benzene rings is 2. The Bertz CT molecular complexity index is 1040. The van der Waals surface area contributed by atoms with Gasteiger partial charge in [-0.05, 0) is 43.2 Å². The molecule has 4 nitrogen and oxygen atoms in total. The molecule has 4 atom stereocenters. The molecule has 1 N–H and O–H groups in total. The normalized spacial score (nSPS) is 25.5. The van der Waals surface area contributed by atoms with E-state index in [0.29, 0.717) is 17.4 Å². The fourth-order valence-electron chi connectivity index (χ4n) is 6.84. The maximum Gasteiger partial charge on any atom is 0.202 e. The third-order valence-electron chi connectivity index (χ3n) is 8.90. The van der Waals surface area contributed by atoms with Crippen LogP contribution in [0.15, 0.2) is 71.3 Å². The van der Waals surface area contributed by atoms with Gasteiger partial charge in [-0.1, -0.05) is 86.8 Å². The summed E-state index contributed by atoms with van der Waals surface area (Å²) in [5.41, 5.74) is 3.19. The lowest BCUT2D eigenvalue weighted by Crippen LogP contribution is -3.15. The smallest absolute Gasteiger partial charge is 0.202 e. The van der Waals surface area contributed by atoms with Crippen LogP contribution in [-0.4, -0.2) is 24.4 Å². The Balaban J connectivity index is 0.00000148. The average molecular weight is 488 g/mol. The molecule has 1 aliphatic heterocycles. The lowest BCUT2D eigenvalue weighted by Gasteiger charge is -2.43. The van der Waals surface area contributed by atoms with Gasteiger partial charge < -0.3 is 14.1 Å². The van der Waals surface area contributed by atoms with Gasteiger partial charge in [0.15, 0.2) is 5.76 Å². The Hall–Kier alpha value is -2.72. The lowest BCUT2D eigenvalue weighted by atomic mass is 9.69. The van der Waals surface area contributed by atoms with Crippen molar-refractivity contribution in [1.82, 2.24) is 4.98 Å². The molecule has 5 rings (SSSR count). The van der Waals surface area contributed by atoms with Crippen molar-refractivity contribution < 1.29 is 14.1 Å². The van der Waals surface area contributed by atoms with E-state index in [1.54, 1.807) is 4.90 Å². The Labute approximate surface area is 217 Å². The van der Waals surface area contributed by atoms with E-state index in [-0.39, 0.29) is 5.92 Å². The topological polar surface area (TPSA) is 47.5 Å². The summed E-state index contributed by atoms with van der Waals surface area (Å²) in [4.78, 5) is 14.5. The third kappa shape index (κ3) is 5.81. The fourth-order valence-corrected chi connectivity index (χ4v) is 6.84. The second-order valence-corrected chi connectivity index (χ2v) is 10.9. The molecular formula is C32H43N2O2+. The van der Waals surface area contributed by atoms with Crippen LogP contribution in [0.25, 0.3) is 0 Å². The fraction of sp³-hybridized carbons (Fsp3) is 0.500. The standard InChI is InChI=1S/C31H40N2O.CH2O/c1-3-31(27-17-11-6-12-18-27)19-20-33(24(2)21-31)23-28-22-32-30(34-28)29(25-13-7-4-8-14-25)26-15-9-5-10-16-26;1-2/h4,6-8,11-14,17-18,22,24,26,29H,3,5,9-10,15-16,19-21,23H2,1-2H3;1H2/p+1/t24-,29?,31?;/m1./s1. The highest BCUT2D eigenvalue weighted by molar-refractivity contribution is 5.27. The van der Waals surface area contributed by atoms with Gasteiger partial charge in [0.2, 0.25) is 5.89 Å². The van der Waals surface area contributed by atoms with Crippen molar-refractivity contribution in [2.24, 2.45) is 5.92 Å². The molecule has 192 valence electrons. The second-order valence-electron chi connectivity index (χ2n) is 10.9. The van der Waals surface area contributed by atoms with Crippen molar-refractivity contribution in [2.75, 3.05) is 6.54 Å². The Morgan fingerprint density at radius 3 is 2.33 bits per heavy atom. The predicted octanol–water partition coefficient (Wildman–Crippen LogP) is 6.12. The lowest BCUT2D eigenvalue weighted by molar-refractivity contribution is -0.944. The highest BCUT2D eigenvalue weighted by Gasteiger charge is 2.41. The molecule has 0 bridgehead atoms. The minimum Gasteiger partial charge on any atom is -0.439 e. The molecule has 0 amide bonds. The zero-order chi connectivity index (χ0) is 25.4. The molecule has 4 heteroatoms. The van der Waals surface area contributed by atoms with E-state index in [2.05, 4.69) is 74.5 Å². The van der Waals surface area contributed by atoms with Gasteiger partial charge in [-0.15, -0.1) is 0 Å². The molecule has 2 aliphatic rings. The number of nitrogens with one attached hydrogen (secondary N) is 1. The van der Waals surface area contributed by atoms with Crippen LogP contribution in [-0.2, 0) is 16.8 Å². The van der Waals surface area contributed by atoms with Gasteiger partial charge >= 0.3 is 0 Å². The van der Waals surface area contributed by atoms with Crippen molar-refractivity contribution >= 4 is 6.79 Å². The molecule has 2 aromatic carbocycles.